The zero-order chi connectivity index (χ0) is 25.7. The quantitative estimate of drug-likeness (QED) is 0.540. The zero-order valence-electron chi connectivity index (χ0n) is 22.3. The Morgan fingerprint density at radius 2 is 1.89 bits per heavy atom. The minimum Gasteiger partial charge on any atom is -0.508 e. The Kier molecular flexibility index (Phi) is 8.48. The number of carbonyl (C=O) groups excluding carboxylic acids is 1. The van der Waals surface area contributed by atoms with Crippen LogP contribution in [0.2, 0.25) is 0 Å². The van der Waals surface area contributed by atoms with Crippen molar-refractivity contribution in [2.75, 3.05) is 45.9 Å². The van der Waals surface area contributed by atoms with Crippen molar-refractivity contribution in [1.29, 1.82) is 0 Å². The summed E-state index contributed by atoms with van der Waals surface area (Å²) in [6.45, 7) is 8.65. The Morgan fingerprint density at radius 1 is 1.08 bits per heavy atom. The number of amides is 1. The molecule has 0 unspecified atom stereocenters. The molecule has 2 saturated heterocycles. The highest BCUT2D eigenvalue weighted by atomic mass is 16.5. The molecule has 1 amide bonds. The van der Waals surface area contributed by atoms with Gasteiger partial charge in [-0.1, -0.05) is 49.4 Å². The number of fused-ring (bicyclic) bond motifs is 2. The summed E-state index contributed by atoms with van der Waals surface area (Å²) in [7, 11) is 0. The molecule has 5 rings (SSSR count). The molecule has 2 aromatic rings. The third-order valence-corrected chi connectivity index (χ3v) is 9.03. The van der Waals surface area contributed by atoms with E-state index >= 15 is 0 Å². The Bertz CT molecular complexity index is 1030. The van der Waals surface area contributed by atoms with Crippen molar-refractivity contribution in [3.63, 3.8) is 0 Å². The molecule has 6 nitrogen and oxygen atoms in total. The third kappa shape index (κ3) is 6.36. The lowest BCUT2D eigenvalue weighted by Crippen LogP contribution is -2.61. The second-order valence-corrected chi connectivity index (χ2v) is 11.5. The van der Waals surface area contributed by atoms with E-state index in [1.54, 1.807) is 6.07 Å². The largest absolute Gasteiger partial charge is 0.508 e. The van der Waals surface area contributed by atoms with Gasteiger partial charge in [0.1, 0.15) is 5.75 Å². The second-order valence-electron chi connectivity index (χ2n) is 11.5. The zero-order valence-corrected chi connectivity index (χ0v) is 22.3. The molecule has 4 atom stereocenters. The van der Waals surface area contributed by atoms with Gasteiger partial charge >= 0.3 is 0 Å². The number of hydrogen-bond acceptors (Lipinski definition) is 5. The molecule has 6 heteroatoms. The summed E-state index contributed by atoms with van der Waals surface area (Å²) in [6.07, 6.45) is 5.80. The first-order chi connectivity index (χ1) is 18.0. The van der Waals surface area contributed by atoms with Crippen molar-refractivity contribution in [1.82, 2.24) is 15.1 Å². The van der Waals surface area contributed by atoms with Crippen LogP contribution in [0.4, 0.5) is 0 Å². The average molecular weight is 506 g/mol. The maximum atomic E-state index is 13.0. The molecule has 0 radical (unpaired) electrons. The van der Waals surface area contributed by atoms with Gasteiger partial charge in [0.25, 0.3) is 0 Å². The predicted molar refractivity (Wildman–Crippen MR) is 147 cm³/mol. The van der Waals surface area contributed by atoms with E-state index in [0.29, 0.717) is 24.1 Å². The molecule has 2 aliphatic heterocycles. The van der Waals surface area contributed by atoms with E-state index < -0.39 is 0 Å². The first-order valence-electron chi connectivity index (χ1n) is 14.2. The van der Waals surface area contributed by atoms with Crippen LogP contribution in [0.25, 0.3) is 0 Å². The Morgan fingerprint density at radius 3 is 2.68 bits per heavy atom. The molecule has 2 aromatic carbocycles. The molecule has 2 bridgehead atoms. The number of piperidine rings is 1. The summed E-state index contributed by atoms with van der Waals surface area (Å²) in [4.78, 5) is 18.0. The van der Waals surface area contributed by atoms with E-state index in [1.165, 1.54) is 11.1 Å². The Labute approximate surface area is 222 Å². The van der Waals surface area contributed by atoms with Crippen LogP contribution < -0.4 is 5.32 Å². The Hall–Kier alpha value is -2.41. The molecular formula is C31H43N3O3. The van der Waals surface area contributed by atoms with Crippen molar-refractivity contribution < 1.29 is 14.6 Å². The molecule has 2 heterocycles. The van der Waals surface area contributed by atoms with Gasteiger partial charge in [-0.2, -0.15) is 0 Å². The van der Waals surface area contributed by atoms with Gasteiger partial charge in [-0.05, 0) is 67.8 Å². The van der Waals surface area contributed by atoms with Crippen LogP contribution in [0.5, 0.6) is 5.75 Å². The minimum atomic E-state index is -0.0280. The van der Waals surface area contributed by atoms with Crippen molar-refractivity contribution >= 4 is 5.91 Å². The van der Waals surface area contributed by atoms with E-state index in [0.717, 1.165) is 78.0 Å². The number of likely N-dealkylation sites (tertiary alicyclic amines) is 1. The topological polar surface area (TPSA) is 65.0 Å². The number of nitrogens with one attached hydrogen (secondary N) is 1. The number of rotatable bonds is 9. The number of benzene rings is 2. The highest BCUT2D eigenvalue weighted by Gasteiger charge is 2.51. The molecule has 200 valence electrons. The molecule has 2 N–H and O–H groups in total. The van der Waals surface area contributed by atoms with Crippen molar-refractivity contribution in [2.24, 2.45) is 5.92 Å². The first-order valence-corrected chi connectivity index (χ1v) is 14.2. The van der Waals surface area contributed by atoms with Crippen molar-refractivity contribution in [3.8, 4) is 5.75 Å². The number of phenolic OH excluding ortho intramolecular Hbond substituents is 1. The van der Waals surface area contributed by atoms with Crippen LogP contribution in [-0.2, 0) is 21.4 Å². The third-order valence-electron chi connectivity index (χ3n) is 9.03. The summed E-state index contributed by atoms with van der Waals surface area (Å²) in [5, 5.41) is 13.7. The van der Waals surface area contributed by atoms with E-state index in [2.05, 4.69) is 58.4 Å². The lowest BCUT2D eigenvalue weighted by molar-refractivity contribution is -0.123. The fourth-order valence-electron chi connectivity index (χ4n) is 7.03. The summed E-state index contributed by atoms with van der Waals surface area (Å²) in [6, 6.07) is 19.2. The van der Waals surface area contributed by atoms with Gasteiger partial charge in [-0.3, -0.25) is 14.6 Å². The van der Waals surface area contributed by atoms with E-state index in [1.807, 2.05) is 12.1 Å². The summed E-state index contributed by atoms with van der Waals surface area (Å²) in [5.41, 5.74) is 2.59. The van der Waals surface area contributed by atoms with Gasteiger partial charge in [-0.15, -0.1) is 0 Å². The van der Waals surface area contributed by atoms with Gasteiger partial charge in [-0.25, -0.2) is 0 Å². The van der Waals surface area contributed by atoms with Gasteiger partial charge < -0.3 is 15.2 Å². The van der Waals surface area contributed by atoms with Crippen LogP contribution in [0.3, 0.4) is 0 Å². The summed E-state index contributed by atoms with van der Waals surface area (Å²) in [5.74, 6) is 0.929. The van der Waals surface area contributed by atoms with E-state index in [9.17, 15) is 9.90 Å². The monoisotopic (exact) mass is 505 g/mol. The average Bonchev–Trinajstić information content (AvgIpc) is 2.91. The molecule has 1 saturated carbocycles. The maximum Gasteiger partial charge on any atom is 0.221 e. The lowest BCUT2D eigenvalue weighted by Gasteiger charge is -2.56. The van der Waals surface area contributed by atoms with Crippen LogP contribution >= 0.6 is 0 Å². The lowest BCUT2D eigenvalue weighted by atomic mass is 9.57. The smallest absolute Gasteiger partial charge is 0.221 e. The standard InChI is InChI=1S/C31H43N3O3/c1-24-23-34(13-6-9-25-7-3-2-4-8-25)28-20-27(32-30(36)12-14-33-15-17-37-18-16-33)21-31(24,22-28)26-10-5-11-29(35)19-26/h2-5,7-8,10-11,19,24,27-28,35H,6,9,12-18,20-23H2,1H3,(H,32,36)/t24-,27+,28+,31+/m1/s1. The number of carbonyl (C=O) groups is 1. The molecule has 1 aliphatic carbocycles. The van der Waals surface area contributed by atoms with Gasteiger partial charge in [0, 0.05) is 50.1 Å². The number of aryl methyl sites for hydroxylation is 1. The first kappa shape index (κ1) is 26.2. The molecule has 0 aromatic heterocycles. The van der Waals surface area contributed by atoms with Crippen LogP contribution in [0.15, 0.2) is 54.6 Å². The fraction of sp³-hybridized carbons (Fsp3) is 0.581. The predicted octanol–water partition coefficient (Wildman–Crippen LogP) is 3.97. The number of morpholine rings is 1. The van der Waals surface area contributed by atoms with Crippen LogP contribution in [0, 0.1) is 5.92 Å². The van der Waals surface area contributed by atoms with E-state index in [-0.39, 0.29) is 17.4 Å². The summed E-state index contributed by atoms with van der Waals surface area (Å²) >= 11 is 0. The number of hydrogen-bond donors (Lipinski definition) is 2. The fourth-order valence-corrected chi connectivity index (χ4v) is 7.03. The van der Waals surface area contributed by atoms with Gasteiger partial charge in [0.05, 0.1) is 13.2 Å². The normalized spacial score (nSPS) is 28.6. The van der Waals surface area contributed by atoms with Crippen molar-refractivity contribution in [2.45, 2.75) is 62.9 Å². The number of phenols is 1. The molecule has 37 heavy (non-hydrogen) atoms. The van der Waals surface area contributed by atoms with Crippen molar-refractivity contribution in [3.05, 3.63) is 65.7 Å². The molecule has 0 spiro atoms. The van der Waals surface area contributed by atoms with Crippen LogP contribution in [-0.4, -0.2) is 78.8 Å². The van der Waals surface area contributed by atoms with E-state index in [4.69, 9.17) is 4.74 Å². The number of ether oxygens (including phenoxy) is 1. The minimum absolute atomic E-state index is 0.0280. The second kappa shape index (κ2) is 12.0. The molecular weight excluding hydrogens is 462 g/mol. The highest BCUT2D eigenvalue weighted by molar-refractivity contribution is 5.76. The summed E-state index contributed by atoms with van der Waals surface area (Å²) < 4.78 is 5.44. The van der Waals surface area contributed by atoms with Crippen LogP contribution in [0.1, 0.15) is 50.2 Å². The maximum absolute atomic E-state index is 13.0. The number of aromatic hydroxyl groups is 1. The highest BCUT2D eigenvalue weighted by Crippen LogP contribution is 2.50. The van der Waals surface area contributed by atoms with Gasteiger partial charge in [0.15, 0.2) is 0 Å². The molecule has 3 fully saturated rings. The Balaban J connectivity index is 1.27. The number of nitrogens with zero attached hydrogens (tertiary/aromatic N) is 2. The molecule has 3 aliphatic rings. The van der Waals surface area contributed by atoms with Gasteiger partial charge in [0.2, 0.25) is 5.91 Å². The SMILES string of the molecule is C[C@@H]1CN(CCCc2ccccc2)[C@H]2C[C@H](NC(=O)CCN3CCOCC3)C[C@]1(c1cccc(O)c1)C2.